The van der Waals surface area contributed by atoms with E-state index in [9.17, 15) is 9.59 Å². The molecule has 0 radical (unpaired) electrons. The van der Waals surface area contributed by atoms with Crippen LogP contribution >= 0.6 is 11.8 Å². The maximum Gasteiger partial charge on any atom is 0.410 e. The van der Waals surface area contributed by atoms with Crippen molar-refractivity contribution >= 4 is 23.0 Å². The largest absolute Gasteiger partial charge is 0.444 e. The molecule has 0 bridgehead atoms. The summed E-state index contributed by atoms with van der Waals surface area (Å²) in [5.74, 6) is 0.675. The van der Waals surface area contributed by atoms with Gasteiger partial charge < -0.3 is 9.64 Å². The highest BCUT2D eigenvalue weighted by atomic mass is 32.2. The van der Waals surface area contributed by atoms with Gasteiger partial charge in [-0.2, -0.15) is 0 Å². The van der Waals surface area contributed by atoms with Gasteiger partial charge in [0.1, 0.15) is 5.60 Å². The second-order valence-corrected chi connectivity index (χ2v) is 6.47. The molecule has 0 unspecified atom stereocenters. The maximum atomic E-state index is 11.9. The summed E-state index contributed by atoms with van der Waals surface area (Å²) in [5.41, 5.74) is -0.460. The maximum absolute atomic E-state index is 11.9. The van der Waals surface area contributed by atoms with E-state index in [4.69, 9.17) is 4.74 Å². The minimum Gasteiger partial charge on any atom is -0.444 e. The molecule has 4 nitrogen and oxygen atoms in total. The summed E-state index contributed by atoms with van der Waals surface area (Å²) in [4.78, 5) is 24.6. The third kappa shape index (κ3) is 4.98. The number of thioether (sulfide) groups is 1. The molecule has 1 heterocycles. The van der Waals surface area contributed by atoms with Gasteiger partial charge in [0.15, 0.2) is 5.12 Å². The minimum atomic E-state index is -0.460. The Bertz CT molecular complexity index is 299. The predicted molar refractivity (Wildman–Crippen MR) is 69.1 cm³/mol. The van der Waals surface area contributed by atoms with Gasteiger partial charge in [-0.1, -0.05) is 11.8 Å². The first-order valence-electron chi connectivity index (χ1n) is 5.92. The van der Waals surface area contributed by atoms with Crippen LogP contribution in [0.5, 0.6) is 0 Å². The molecule has 0 aromatic carbocycles. The van der Waals surface area contributed by atoms with Crippen molar-refractivity contribution in [2.24, 2.45) is 0 Å². The lowest BCUT2D eigenvalue weighted by molar-refractivity contribution is -0.109. The van der Waals surface area contributed by atoms with E-state index in [2.05, 4.69) is 0 Å². The number of carbonyl (C=O) groups excluding carboxylic acids is 2. The van der Waals surface area contributed by atoms with E-state index in [0.29, 0.717) is 5.75 Å². The summed E-state index contributed by atoms with van der Waals surface area (Å²) in [5, 5.41) is 0.0982. The van der Waals surface area contributed by atoms with Gasteiger partial charge in [-0.15, -0.1) is 0 Å². The summed E-state index contributed by atoms with van der Waals surface area (Å²) in [6.45, 7) is 7.87. The van der Waals surface area contributed by atoms with E-state index < -0.39 is 5.60 Å². The van der Waals surface area contributed by atoms with Crippen LogP contribution in [0, 0.1) is 0 Å². The van der Waals surface area contributed by atoms with Crippen LogP contribution in [0.15, 0.2) is 0 Å². The molecule has 1 saturated heterocycles. The van der Waals surface area contributed by atoms with Gasteiger partial charge in [0.25, 0.3) is 0 Å². The quantitative estimate of drug-likeness (QED) is 0.765. The fraction of sp³-hybridized carbons (Fsp3) is 0.833. The topological polar surface area (TPSA) is 46.6 Å². The monoisotopic (exact) mass is 259 g/mol. The summed E-state index contributed by atoms with van der Waals surface area (Å²) < 4.78 is 5.35. The van der Waals surface area contributed by atoms with Gasteiger partial charge in [0.05, 0.1) is 0 Å². The van der Waals surface area contributed by atoms with Gasteiger partial charge in [-0.05, 0) is 33.6 Å². The van der Waals surface area contributed by atoms with Crippen LogP contribution in [0.25, 0.3) is 0 Å². The number of hydrogen-bond donors (Lipinski definition) is 0. The number of carbonyl (C=O) groups is 2. The average Bonchev–Trinajstić information content (AvgIpc) is 2.59. The Labute approximate surface area is 107 Å². The zero-order valence-electron chi connectivity index (χ0n) is 11.0. The first-order valence-corrected chi connectivity index (χ1v) is 6.91. The highest BCUT2D eigenvalue weighted by Gasteiger charge is 2.32. The van der Waals surface area contributed by atoms with Crippen molar-refractivity contribution in [1.29, 1.82) is 0 Å². The number of likely N-dealkylation sites (tertiary alicyclic amines) is 1. The third-order valence-electron chi connectivity index (χ3n) is 2.48. The van der Waals surface area contributed by atoms with Gasteiger partial charge in [0, 0.05) is 25.3 Å². The molecule has 1 aliphatic rings. The minimum absolute atomic E-state index is 0.0982. The zero-order valence-corrected chi connectivity index (χ0v) is 11.8. The van der Waals surface area contributed by atoms with Crippen LogP contribution in [0.4, 0.5) is 4.79 Å². The summed E-state index contributed by atoms with van der Waals surface area (Å²) in [6, 6.07) is 0.138. The van der Waals surface area contributed by atoms with Crippen molar-refractivity contribution in [3.63, 3.8) is 0 Å². The molecule has 0 N–H and O–H groups in total. The predicted octanol–water partition coefficient (Wildman–Crippen LogP) is 2.67. The van der Waals surface area contributed by atoms with Gasteiger partial charge >= 0.3 is 6.09 Å². The van der Waals surface area contributed by atoms with Crippen LogP contribution in [0.2, 0.25) is 0 Å². The molecule has 1 amide bonds. The van der Waals surface area contributed by atoms with E-state index in [-0.39, 0.29) is 17.3 Å². The number of amides is 1. The van der Waals surface area contributed by atoms with Crippen molar-refractivity contribution in [1.82, 2.24) is 4.90 Å². The summed E-state index contributed by atoms with van der Waals surface area (Å²) in [6.07, 6.45) is 1.69. The lowest BCUT2D eigenvalue weighted by Gasteiger charge is -2.28. The lowest BCUT2D eigenvalue weighted by Crippen LogP contribution is -2.40. The molecule has 1 aliphatic heterocycles. The Morgan fingerprint density at radius 1 is 1.41 bits per heavy atom. The number of rotatable bonds is 2. The van der Waals surface area contributed by atoms with E-state index in [1.54, 1.807) is 11.8 Å². The second kappa shape index (κ2) is 5.76. The number of hydrogen-bond acceptors (Lipinski definition) is 4. The fourth-order valence-electron chi connectivity index (χ4n) is 1.78. The van der Waals surface area contributed by atoms with Crippen LogP contribution < -0.4 is 0 Å². The van der Waals surface area contributed by atoms with E-state index >= 15 is 0 Å². The Hall–Kier alpha value is -0.710. The molecule has 0 aliphatic carbocycles. The molecule has 1 fully saturated rings. The smallest absolute Gasteiger partial charge is 0.410 e. The molecule has 17 heavy (non-hydrogen) atoms. The van der Waals surface area contributed by atoms with Crippen molar-refractivity contribution in [3.8, 4) is 0 Å². The molecular weight excluding hydrogens is 238 g/mol. The molecule has 0 spiro atoms. The lowest BCUT2D eigenvalue weighted by atomic mass is 10.2. The Morgan fingerprint density at radius 2 is 2.06 bits per heavy atom. The highest BCUT2D eigenvalue weighted by Crippen LogP contribution is 2.23. The molecule has 98 valence electrons. The van der Waals surface area contributed by atoms with E-state index in [0.717, 1.165) is 19.4 Å². The number of nitrogens with zero attached hydrogens (tertiary/aromatic N) is 1. The SMILES string of the molecule is CC(=O)SC[C@H]1CCCN1C(=O)OC(C)(C)C. The van der Waals surface area contributed by atoms with Crippen LogP contribution in [0.3, 0.4) is 0 Å². The van der Waals surface area contributed by atoms with Crippen LogP contribution in [0.1, 0.15) is 40.5 Å². The Balaban J connectivity index is 2.51. The average molecular weight is 259 g/mol. The van der Waals surface area contributed by atoms with Crippen molar-refractivity contribution in [2.75, 3.05) is 12.3 Å². The molecule has 0 saturated carbocycles. The van der Waals surface area contributed by atoms with E-state index in [1.165, 1.54) is 11.8 Å². The Morgan fingerprint density at radius 3 is 2.59 bits per heavy atom. The molecule has 1 atom stereocenters. The normalized spacial score (nSPS) is 20.5. The van der Waals surface area contributed by atoms with E-state index in [1.807, 2.05) is 20.8 Å². The molecule has 5 heteroatoms. The molecular formula is C12H21NO3S. The molecule has 1 rings (SSSR count). The van der Waals surface area contributed by atoms with Gasteiger partial charge in [-0.25, -0.2) is 4.79 Å². The zero-order chi connectivity index (χ0) is 13.1. The summed E-state index contributed by atoms with van der Waals surface area (Å²) >= 11 is 1.28. The second-order valence-electron chi connectivity index (χ2n) is 5.27. The van der Waals surface area contributed by atoms with Crippen LogP contribution in [-0.2, 0) is 9.53 Å². The highest BCUT2D eigenvalue weighted by molar-refractivity contribution is 8.13. The first kappa shape index (κ1) is 14.4. The number of ether oxygens (including phenoxy) is 1. The molecule has 0 aromatic rings. The first-order chi connectivity index (χ1) is 7.79. The summed E-state index contributed by atoms with van der Waals surface area (Å²) in [7, 11) is 0. The Kier molecular flexibility index (Phi) is 4.86. The van der Waals surface area contributed by atoms with Crippen molar-refractivity contribution < 1.29 is 14.3 Å². The van der Waals surface area contributed by atoms with Crippen molar-refractivity contribution in [2.45, 2.75) is 52.2 Å². The van der Waals surface area contributed by atoms with Crippen molar-refractivity contribution in [3.05, 3.63) is 0 Å². The van der Waals surface area contributed by atoms with Gasteiger partial charge in [-0.3, -0.25) is 4.79 Å². The third-order valence-corrected chi connectivity index (χ3v) is 3.44. The molecule has 0 aromatic heterocycles. The fourth-order valence-corrected chi connectivity index (χ4v) is 2.56. The van der Waals surface area contributed by atoms with Gasteiger partial charge in [0.2, 0.25) is 0 Å². The standard InChI is InChI=1S/C12H21NO3S/c1-9(14)17-8-10-6-5-7-13(10)11(15)16-12(2,3)4/h10H,5-8H2,1-4H3/t10-/m1/s1. The van der Waals surface area contributed by atoms with Crippen LogP contribution in [-0.4, -0.2) is 40.0 Å².